The molecule has 1 aliphatic rings. The number of ketones is 1. The van der Waals surface area contributed by atoms with Gasteiger partial charge in [0.1, 0.15) is 12.1 Å². The highest BCUT2D eigenvalue weighted by atomic mass is 19.2. The van der Waals surface area contributed by atoms with Gasteiger partial charge in [-0.15, -0.1) is 0 Å². The number of carbonyl (C=O) groups is 2. The molecule has 0 unspecified atom stereocenters. The summed E-state index contributed by atoms with van der Waals surface area (Å²) in [6.07, 6.45) is 9.95. The first-order chi connectivity index (χ1) is 19.1. The van der Waals surface area contributed by atoms with Crippen molar-refractivity contribution in [3.8, 4) is 11.3 Å². The van der Waals surface area contributed by atoms with Crippen molar-refractivity contribution in [2.75, 3.05) is 5.32 Å². The summed E-state index contributed by atoms with van der Waals surface area (Å²) < 4.78 is 24.7. The van der Waals surface area contributed by atoms with E-state index in [-0.39, 0.29) is 11.7 Å². The maximum absolute atomic E-state index is 12.4. The van der Waals surface area contributed by atoms with E-state index in [9.17, 15) is 18.4 Å². The fourth-order valence-corrected chi connectivity index (χ4v) is 3.89. The van der Waals surface area contributed by atoms with Crippen molar-refractivity contribution in [3.05, 3.63) is 113 Å². The van der Waals surface area contributed by atoms with E-state index in [1.807, 2.05) is 39.0 Å². The smallest absolute Gasteiger partial charge is 0.225 e. The molecule has 40 heavy (non-hydrogen) atoms. The topological polar surface area (TPSA) is 72.0 Å². The van der Waals surface area contributed by atoms with Crippen molar-refractivity contribution in [3.63, 3.8) is 0 Å². The first-order valence-corrected chi connectivity index (χ1v) is 13.3. The van der Waals surface area contributed by atoms with Crippen LogP contribution in [-0.4, -0.2) is 21.7 Å². The number of Topliss-reactive ketones (excluding diaryl/α,β-unsaturated/α-hetero) is 1. The number of fused-ring (bicyclic) bond motifs is 1. The molecular formula is C33H37F2N3O2. The molecule has 0 atom stereocenters. The number of nitrogens with zero attached hydrogens (tertiary/aromatic N) is 2. The first kappa shape index (κ1) is 32.0. The summed E-state index contributed by atoms with van der Waals surface area (Å²) in [4.78, 5) is 30.9. The van der Waals surface area contributed by atoms with Gasteiger partial charge in [0.2, 0.25) is 5.91 Å². The average Bonchev–Trinajstić information content (AvgIpc) is 2.94. The number of halogens is 2. The van der Waals surface area contributed by atoms with Crippen molar-refractivity contribution >= 4 is 17.5 Å². The van der Waals surface area contributed by atoms with Gasteiger partial charge in [-0.3, -0.25) is 9.59 Å². The Morgan fingerprint density at radius 2 is 1.70 bits per heavy atom. The lowest BCUT2D eigenvalue weighted by Gasteiger charge is -2.18. The largest absolute Gasteiger partial charge is 0.310 e. The summed E-state index contributed by atoms with van der Waals surface area (Å²) in [5.41, 5.74) is 6.67. The van der Waals surface area contributed by atoms with Crippen LogP contribution in [0.1, 0.15) is 57.7 Å². The van der Waals surface area contributed by atoms with E-state index in [2.05, 4.69) is 47.0 Å². The van der Waals surface area contributed by atoms with Crippen LogP contribution in [0.5, 0.6) is 0 Å². The van der Waals surface area contributed by atoms with Crippen LogP contribution in [0.3, 0.4) is 0 Å². The fraction of sp³-hybridized carbons (Fsp3) is 0.273. The number of aryl methyl sites for hydroxylation is 2. The van der Waals surface area contributed by atoms with E-state index in [0.717, 1.165) is 46.9 Å². The zero-order valence-electron chi connectivity index (χ0n) is 23.9. The Balaban J connectivity index is 0.000000229. The maximum Gasteiger partial charge on any atom is 0.225 e. The number of amides is 1. The predicted molar refractivity (Wildman–Crippen MR) is 158 cm³/mol. The number of hydrogen-bond acceptors (Lipinski definition) is 4. The molecule has 1 N–H and O–H groups in total. The third-order valence-corrected chi connectivity index (χ3v) is 6.10. The van der Waals surface area contributed by atoms with E-state index in [0.29, 0.717) is 24.2 Å². The molecule has 4 rings (SSSR count). The Morgan fingerprint density at radius 3 is 2.30 bits per heavy atom. The first-order valence-electron chi connectivity index (χ1n) is 13.3. The molecule has 0 bridgehead atoms. The Morgan fingerprint density at radius 1 is 1.00 bits per heavy atom. The minimum atomic E-state index is -0.780. The quantitative estimate of drug-likeness (QED) is 0.254. The second-order valence-corrected chi connectivity index (χ2v) is 9.20. The standard InChI is InChI=1S/C15H15N3O.C10H14O.C8H8F2/c1-2-10-4-3-5-11(8-10)14-12-6-7-13(19)18-15(12)17-9-16-14;1-5-6-7-10(8(2)3)9(4)11;1-2-6-3-4-7(9)8(10)5-6/h3-5,8-9H,2,6-7H2,1H3,(H,16,17,18,19);5-7H,2H2,1,3-4H3;3-5H,2H2,1H3/b;6-5-,10-7+;. The van der Waals surface area contributed by atoms with Crippen LogP contribution in [0.4, 0.5) is 14.6 Å². The van der Waals surface area contributed by atoms with Crippen LogP contribution in [0.2, 0.25) is 0 Å². The van der Waals surface area contributed by atoms with E-state index < -0.39 is 11.6 Å². The van der Waals surface area contributed by atoms with Crippen LogP contribution in [0.25, 0.3) is 11.3 Å². The third kappa shape index (κ3) is 9.49. The number of hydrogen-bond donors (Lipinski definition) is 1. The number of anilines is 1. The lowest BCUT2D eigenvalue weighted by atomic mass is 9.98. The van der Waals surface area contributed by atoms with Gasteiger partial charge in [0, 0.05) is 23.1 Å². The molecule has 1 aliphatic heterocycles. The Bertz CT molecular complexity index is 1390. The molecule has 0 fully saturated rings. The lowest BCUT2D eigenvalue weighted by Crippen LogP contribution is -2.21. The molecule has 3 aromatic rings. The maximum atomic E-state index is 12.4. The summed E-state index contributed by atoms with van der Waals surface area (Å²) in [6, 6.07) is 12.3. The SMILES string of the molecule is C=C(C)/C(=C\C=C/C)C(C)=O.CCc1ccc(F)c(F)c1.CCc1cccc(-c2ncnc3c2CCC(=O)N3)c1. The number of aromatic nitrogens is 2. The summed E-state index contributed by atoms with van der Waals surface area (Å²) in [5.74, 6) is -0.797. The summed E-state index contributed by atoms with van der Waals surface area (Å²) in [7, 11) is 0. The van der Waals surface area contributed by atoms with Gasteiger partial charge >= 0.3 is 0 Å². The zero-order chi connectivity index (χ0) is 29.7. The number of benzene rings is 2. The molecule has 5 nitrogen and oxygen atoms in total. The van der Waals surface area contributed by atoms with Crippen LogP contribution in [-0.2, 0) is 28.9 Å². The van der Waals surface area contributed by atoms with Crippen LogP contribution in [0, 0.1) is 11.6 Å². The third-order valence-electron chi connectivity index (χ3n) is 6.10. The molecule has 7 heteroatoms. The second kappa shape index (κ2) is 16.0. The second-order valence-electron chi connectivity index (χ2n) is 9.20. The van der Waals surface area contributed by atoms with Gasteiger partial charge < -0.3 is 5.32 Å². The summed E-state index contributed by atoms with van der Waals surface area (Å²) in [6.45, 7) is 13.0. The average molecular weight is 546 g/mol. The van der Waals surface area contributed by atoms with Crippen molar-refractivity contribution in [2.24, 2.45) is 0 Å². The van der Waals surface area contributed by atoms with Gasteiger partial charge in [-0.1, -0.05) is 62.9 Å². The van der Waals surface area contributed by atoms with Crippen LogP contribution >= 0.6 is 0 Å². The number of carbonyl (C=O) groups excluding carboxylic acids is 2. The van der Waals surface area contributed by atoms with Crippen molar-refractivity contribution in [1.29, 1.82) is 0 Å². The van der Waals surface area contributed by atoms with E-state index in [4.69, 9.17) is 0 Å². The molecular weight excluding hydrogens is 508 g/mol. The molecule has 0 saturated carbocycles. The highest BCUT2D eigenvalue weighted by Crippen LogP contribution is 2.29. The summed E-state index contributed by atoms with van der Waals surface area (Å²) >= 11 is 0. The predicted octanol–water partition coefficient (Wildman–Crippen LogP) is 7.77. The van der Waals surface area contributed by atoms with Gasteiger partial charge in [0.25, 0.3) is 0 Å². The number of allylic oxidation sites excluding steroid dienone is 5. The molecule has 0 aliphatic carbocycles. The minimum Gasteiger partial charge on any atom is -0.310 e. The molecule has 2 heterocycles. The van der Waals surface area contributed by atoms with Crippen molar-refractivity contribution < 1.29 is 18.4 Å². The molecule has 210 valence electrons. The number of rotatable bonds is 6. The highest BCUT2D eigenvalue weighted by Gasteiger charge is 2.20. The lowest BCUT2D eigenvalue weighted by molar-refractivity contribution is -0.116. The van der Waals surface area contributed by atoms with Crippen molar-refractivity contribution in [2.45, 2.75) is 60.3 Å². The molecule has 1 amide bonds. The highest BCUT2D eigenvalue weighted by molar-refractivity contribution is 5.97. The van der Waals surface area contributed by atoms with Gasteiger partial charge in [-0.05, 0) is 74.9 Å². The number of nitrogens with one attached hydrogen (secondary N) is 1. The summed E-state index contributed by atoms with van der Waals surface area (Å²) in [5, 5.41) is 2.81. The van der Waals surface area contributed by atoms with Gasteiger partial charge in [-0.2, -0.15) is 0 Å². The van der Waals surface area contributed by atoms with Crippen molar-refractivity contribution in [1.82, 2.24) is 9.97 Å². The van der Waals surface area contributed by atoms with Gasteiger partial charge in [0.15, 0.2) is 17.4 Å². The molecule has 2 aromatic carbocycles. The van der Waals surface area contributed by atoms with E-state index >= 15 is 0 Å². The molecule has 1 aromatic heterocycles. The fourth-order valence-electron chi connectivity index (χ4n) is 3.89. The van der Waals surface area contributed by atoms with Crippen LogP contribution < -0.4 is 5.32 Å². The van der Waals surface area contributed by atoms with E-state index in [1.165, 1.54) is 18.0 Å². The van der Waals surface area contributed by atoms with E-state index in [1.54, 1.807) is 19.1 Å². The Labute approximate surface area is 235 Å². The molecule has 0 saturated heterocycles. The molecule has 0 spiro atoms. The molecule has 0 radical (unpaired) electrons. The van der Waals surface area contributed by atoms with Gasteiger partial charge in [-0.25, -0.2) is 18.7 Å². The Kier molecular flexibility index (Phi) is 12.8. The Hall–Kier alpha value is -4.26. The van der Waals surface area contributed by atoms with Gasteiger partial charge in [0.05, 0.1) is 5.69 Å². The van der Waals surface area contributed by atoms with Crippen LogP contribution in [0.15, 0.2) is 84.7 Å². The normalized spacial score (nSPS) is 12.4. The monoisotopic (exact) mass is 545 g/mol. The zero-order valence-corrected chi connectivity index (χ0v) is 23.9. The minimum absolute atomic E-state index is 0.0273.